The third-order valence-electron chi connectivity index (χ3n) is 5.84. The van der Waals surface area contributed by atoms with Crippen molar-refractivity contribution in [2.75, 3.05) is 23.3 Å². The molecule has 168 valence electrons. The van der Waals surface area contributed by atoms with Gasteiger partial charge in [-0.2, -0.15) is 0 Å². The van der Waals surface area contributed by atoms with Crippen LogP contribution in [0, 0.1) is 0 Å². The lowest BCUT2D eigenvalue weighted by atomic mass is 10.1. The minimum Gasteiger partial charge on any atom is -0.508 e. The van der Waals surface area contributed by atoms with Crippen LogP contribution in [0.1, 0.15) is 25.7 Å². The molecule has 1 fully saturated rings. The van der Waals surface area contributed by atoms with Crippen molar-refractivity contribution >= 4 is 17.5 Å². The fourth-order valence-electron chi connectivity index (χ4n) is 4.17. The number of aromatic nitrogens is 3. The largest absolute Gasteiger partial charge is 0.508 e. The van der Waals surface area contributed by atoms with Gasteiger partial charge in [0, 0.05) is 19.2 Å². The Morgan fingerprint density at radius 1 is 1.06 bits per heavy atom. The van der Waals surface area contributed by atoms with Crippen LogP contribution >= 0.6 is 0 Å². The summed E-state index contributed by atoms with van der Waals surface area (Å²) in [5.41, 5.74) is 2.22. The van der Waals surface area contributed by atoms with Gasteiger partial charge < -0.3 is 20.1 Å². The van der Waals surface area contributed by atoms with E-state index in [1.54, 1.807) is 18.6 Å². The highest BCUT2D eigenvalue weighted by Crippen LogP contribution is 2.26. The number of benzene rings is 1. The topological polar surface area (TPSA) is 83.4 Å². The average Bonchev–Trinajstić information content (AvgIpc) is 2.87. The van der Waals surface area contributed by atoms with Crippen molar-refractivity contribution < 1.29 is 9.84 Å². The van der Waals surface area contributed by atoms with E-state index in [1.165, 1.54) is 0 Å². The summed E-state index contributed by atoms with van der Waals surface area (Å²) in [6.07, 6.45) is 12.6. The van der Waals surface area contributed by atoms with Crippen LogP contribution in [-0.4, -0.2) is 39.3 Å². The van der Waals surface area contributed by atoms with Gasteiger partial charge >= 0.3 is 0 Å². The van der Waals surface area contributed by atoms with Crippen molar-refractivity contribution in [3.63, 3.8) is 0 Å². The molecule has 2 N–H and O–H groups in total. The first kappa shape index (κ1) is 21.0. The molecular formula is C26H27N5O2. The molecule has 33 heavy (non-hydrogen) atoms. The number of hydrogen-bond donors (Lipinski definition) is 2. The van der Waals surface area contributed by atoms with Gasteiger partial charge in [-0.1, -0.05) is 36.4 Å². The lowest BCUT2D eigenvalue weighted by molar-refractivity contribution is 0.0972. The first-order valence-electron chi connectivity index (χ1n) is 11.4. The quantitative estimate of drug-likeness (QED) is 0.531. The highest BCUT2D eigenvalue weighted by Gasteiger charge is 2.24. The molecule has 7 heteroatoms. The third-order valence-corrected chi connectivity index (χ3v) is 5.84. The number of nitrogens with zero attached hydrogens (tertiary/aromatic N) is 4. The van der Waals surface area contributed by atoms with Crippen LogP contribution in [0.3, 0.4) is 0 Å². The number of hydrogen-bond acceptors (Lipinski definition) is 7. The molecule has 0 saturated carbocycles. The minimum absolute atomic E-state index is 0.00119. The molecule has 1 unspecified atom stereocenters. The van der Waals surface area contributed by atoms with Gasteiger partial charge in [0.05, 0.1) is 18.9 Å². The third kappa shape index (κ3) is 5.14. The number of nitrogens with one attached hydrogen (secondary N) is 1. The van der Waals surface area contributed by atoms with E-state index in [-0.39, 0.29) is 6.10 Å². The van der Waals surface area contributed by atoms with E-state index >= 15 is 0 Å². The second-order valence-corrected chi connectivity index (χ2v) is 8.26. The molecule has 1 atom stereocenters. The molecule has 2 aliphatic rings. The Bertz CT molecular complexity index is 1160. The lowest BCUT2D eigenvalue weighted by Gasteiger charge is -2.34. The number of pyridine rings is 1. The molecule has 3 heterocycles. The zero-order valence-corrected chi connectivity index (χ0v) is 18.4. The molecule has 1 aromatic carbocycles. The van der Waals surface area contributed by atoms with Crippen LogP contribution in [0.15, 0.2) is 84.7 Å². The highest BCUT2D eigenvalue weighted by molar-refractivity contribution is 5.67. The fraction of sp³-hybridized carbons (Fsp3) is 0.269. The molecule has 5 rings (SSSR count). The fourth-order valence-corrected chi connectivity index (χ4v) is 4.17. The lowest BCUT2D eigenvalue weighted by Crippen LogP contribution is -2.40. The van der Waals surface area contributed by atoms with Gasteiger partial charge in [-0.25, -0.2) is 9.97 Å². The maximum atomic E-state index is 10.1. The summed E-state index contributed by atoms with van der Waals surface area (Å²) in [6, 6.07) is 14.2. The molecule has 7 nitrogen and oxygen atoms in total. The van der Waals surface area contributed by atoms with E-state index < -0.39 is 0 Å². The molecule has 0 radical (unpaired) electrons. The summed E-state index contributed by atoms with van der Waals surface area (Å²) in [5.74, 6) is 3.09. The molecule has 0 bridgehead atoms. The Hall–Kier alpha value is -3.87. The second-order valence-electron chi connectivity index (χ2n) is 8.26. The van der Waals surface area contributed by atoms with Gasteiger partial charge in [-0.05, 0) is 48.6 Å². The van der Waals surface area contributed by atoms with Crippen molar-refractivity contribution in [1.82, 2.24) is 15.0 Å². The molecule has 1 aliphatic heterocycles. The molecule has 1 saturated heterocycles. The number of rotatable bonds is 6. The first-order valence-corrected chi connectivity index (χ1v) is 11.4. The number of ether oxygens (including phenoxy) is 1. The van der Waals surface area contributed by atoms with Gasteiger partial charge in [0.1, 0.15) is 23.5 Å². The zero-order chi connectivity index (χ0) is 22.5. The zero-order valence-electron chi connectivity index (χ0n) is 18.4. The van der Waals surface area contributed by atoms with Crippen LogP contribution in [0.5, 0.6) is 0 Å². The predicted molar refractivity (Wildman–Crippen MR) is 129 cm³/mol. The van der Waals surface area contributed by atoms with Crippen molar-refractivity contribution in [3.05, 3.63) is 84.7 Å². The Labute approximate surface area is 193 Å². The van der Waals surface area contributed by atoms with Crippen LogP contribution in [0.2, 0.25) is 0 Å². The first-order chi connectivity index (χ1) is 16.2. The van der Waals surface area contributed by atoms with Crippen molar-refractivity contribution in [1.29, 1.82) is 0 Å². The van der Waals surface area contributed by atoms with E-state index in [0.29, 0.717) is 36.1 Å². The highest BCUT2D eigenvalue weighted by atomic mass is 16.5. The summed E-state index contributed by atoms with van der Waals surface area (Å²) >= 11 is 0. The summed E-state index contributed by atoms with van der Waals surface area (Å²) < 4.78 is 6.10. The summed E-state index contributed by atoms with van der Waals surface area (Å²) in [6.45, 7) is 1.59. The van der Waals surface area contributed by atoms with E-state index in [9.17, 15) is 5.11 Å². The maximum absolute atomic E-state index is 10.1. The molecule has 0 amide bonds. The second kappa shape index (κ2) is 9.73. The molecule has 0 spiro atoms. The molecule has 3 aromatic rings. The number of allylic oxidation sites excluding steroid dienone is 3. The Kier molecular flexibility index (Phi) is 6.19. The Morgan fingerprint density at radius 2 is 1.97 bits per heavy atom. The molecular weight excluding hydrogens is 414 g/mol. The number of anilines is 3. The average molecular weight is 442 g/mol. The van der Waals surface area contributed by atoms with Gasteiger partial charge in [0.25, 0.3) is 0 Å². The monoisotopic (exact) mass is 441 g/mol. The summed E-state index contributed by atoms with van der Waals surface area (Å²) in [5, 5.41) is 13.4. The van der Waals surface area contributed by atoms with E-state index in [4.69, 9.17) is 9.72 Å². The SMILES string of the molecule is OC1=C(OC2CCCN(c3cncc(Nc4cc(-c5ccccc5)ccn4)n3)C2)C=CCC1. The van der Waals surface area contributed by atoms with E-state index in [0.717, 1.165) is 42.8 Å². The van der Waals surface area contributed by atoms with Crippen molar-refractivity contribution in [2.24, 2.45) is 0 Å². The van der Waals surface area contributed by atoms with Crippen molar-refractivity contribution in [2.45, 2.75) is 31.8 Å². The molecule has 2 aromatic heterocycles. The van der Waals surface area contributed by atoms with Gasteiger partial charge in [0.15, 0.2) is 11.6 Å². The Morgan fingerprint density at radius 3 is 2.85 bits per heavy atom. The smallest absolute Gasteiger partial charge is 0.156 e. The van der Waals surface area contributed by atoms with Crippen LogP contribution < -0.4 is 10.2 Å². The van der Waals surface area contributed by atoms with Crippen LogP contribution in [-0.2, 0) is 4.74 Å². The number of aliphatic hydroxyl groups excluding tert-OH is 1. The summed E-state index contributed by atoms with van der Waals surface area (Å²) in [4.78, 5) is 15.8. The number of piperidine rings is 1. The van der Waals surface area contributed by atoms with Crippen LogP contribution in [0.4, 0.5) is 17.5 Å². The normalized spacial score (nSPS) is 18.3. The van der Waals surface area contributed by atoms with Gasteiger partial charge in [0.2, 0.25) is 0 Å². The van der Waals surface area contributed by atoms with Gasteiger partial charge in [-0.3, -0.25) is 4.98 Å². The standard InChI is InChI=1S/C26H27N5O2/c32-22-10-4-5-11-23(22)33-21-9-6-14-31(18-21)26-17-27-16-25(30-26)29-24-15-20(12-13-28-24)19-7-2-1-3-8-19/h1-3,5,7-8,11-13,15-17,21,32H,4,6,9-10,14,18H2,(H,28,29,30). The minimum atomic E-state index is 0.00119. The van der Waals surface area contributed by atoms with Gasteiger partial charge in [-0.15, -0.1) is 0 Å². The van der Waals surface area contributed by atoms with E-state index in [2.05, 4.69) is 32.3 Å². The molecule has 1 aliphatic carbocycles. The van der Waals surface area contributed by atoms with Crippen LogP contribution in [0.25, 0.3) is 11.1 Å². The van der Waals surface area contributed by atoms with Crippen molar-refractivity contribution in [3.8, 4) is 11.1 Å². The van der Waals surface area contributed by atoms with E-state index in [1.807, 2.05) is 42.5 Å². The maximum Gasteiger partial charge on any atom is 0.156 e. The number of aliphatic hydroxyl groups is 1. The summed E-state index contributed by atoms with van der Waals surface area (Å²) in [7, 11) is 0. The Balaban J connectivity index is 1.28. The predicted octanol–water partition coefficient (Wildman–Crippen LogP) is 5.39.